The molecule has 19 heavy (non-hydrogen) atoms. The lowest BCUT2D eigenvalue weighted by Gasteiger charge is -2.23. The molecular formula is C13H18N2O3S. The van der Waals surface area contributed by atoms with Gasteiger partial charge in [-0.2, -0.15) is 0 Å². The van der Waals surface area contributed by atoms with Gasteiger partial charge in [0.15, 0.2) is 9.84 Å². The van der Waals surface area contributed by atoms with E-state index in [0.29, 0.717) is 5.69 Å². The van der Waals surface area contributed by atoms with Crippen LogP contribution in [0.4, 0.5) is 5.69 Å². The number of rotatable bonds is 4. The number of hydrogen-bond acceptors (Lipinski definition) is 4. The van der Waals surface area contributed by atoms with Gasteiger partial charge in [-0.3, -0.25) is 4.79 Å². The Morgan fingerprint density at radius 2 is 2.05 bits per heavy atom. The molecule has 0 radical (unpaired) electrons. The molecule has 0 bridgehead atoms. The van der Waals surface area contributed by atoms with Gasteiger partial charge in [-0.15, -0.1) is 0 Å². The van der Waals surface area contributed by atoms with E-state index in [1.165, 1.54) is 12.1 Å². The molecule has 1 aliphatic rings. The molecule has 0 saturated heterocycles. The smallest absolute Gasteiger partial charge is 0.244 e. The lowest BCUT2D eigenvalue weighted by atomic mass is 9.96. The largest absolute Gasteiger partial charge is 0.324 e. The summed E-state index contributed by atoms with van der Waals surface area (Å²) < 4.78 is 22.9. The van der Waals surface area contributed by atoms with Crippen LogP contribution in [0.5, 0.6) is 0 Å². The van der Waals surface area contributed by atoms with Gasteiger partial charge in [-0.25, -0.2) is 8.42 Å². The highest BCUT2D eigenvalue weighted by Crippen LogP contribution is 2.38. The van der Waals surface area contributed by atoms with E-state index in [2.05, 4.69) is 5.32 Å². The molecule has 0 aromatic heterocycles. The zero-order valence-electron chi connectivity index (χ0n) is 11.0. The summed E-state index contributed by atoms with van der Waals surface area (Å²) in [6.45, 7) is 1.71. The molecule has 0 spiro atoms. The lowest BCUT2D eigenvalue weighted by Crippen LogP contribution is -2.50. The number of hydrogen-bond donors (Lipinski definition) is 2. The topological polar surface area (TPSA) is 89.3 Å². The van der Waals surface area contributed by atoms with E-state index in [4.69, 9.17) is 5.73 Å². The molecule has 2 rings (SSSR count). The average Bonchev–Trinajstić information content (AvgIpc) is 3.12. The first kappa shape index (κ1) is 14.0. The van der Waals surface area contributed by atoms with Crippen molar-refractivity contribution in [3.63, 3.8) is 0 Å². The third kappa shape index (κ3) is 3.13. The Bertz CT molecular complexity index is 604. The van der Waals surface area contributed by atoms with Crippen molar-refractivity contribution in [3.05, 3.63) is 24.3 Å². The van der Waals surface area contributed by atoms with Gasteiger partial charge in [0.2, 0.25) is 5.91 Å². The molecule has 1 atom stereocenters. The van der Waals surface area contributed by atoms with Crippen molar-refractivity contribution in [2.75, 3.05) is 11.6 Å². The van der Waals surface area contributed by atoms with Gasteiger partial charge < -0.3 is 11.1 Å². The molecule has 3 N–H and O–H groups in total. The number of anilines is 1. The van der Waals surface area contributed by atoms with Crippen LogP contribution in [-0.2, 0) is 14.6 Å². The summed E-state index contributed by atoms with van der Waals surface area (Å²) in [5.41, 5.74) is 5.55. The van der Waals surface area contributed by atoms with Gasteiger partial charge in [0.1, 0.15) is 0 Å². The van der Waals surface area contributed by atoms with Crippen molar-refractivity contribution in [1.29, 1.82) is 0 Å². The van der Waals surface area contributed by atoms with Crippen molar-refractivity contribution < 1.29 is 13.2 Å². The summed E-state index contributed by atoms with van der Waals surface area (Å²) >= 11 is 0. The maximum Gasteiger partial charge on any atom is 0.244 e. The van der Waals surface area contributed by atoms with E-state index in [1.807, 2.05) is 0 Å². The summed E-state index contributed by atoms with van der Waals surface area (Å²) in [7, 11) is -3.28. The van der Waals surface area contributed by atoms with Gasteiger partial charge in [-0.1, -0.05) is 6.07 Å². The SMILES string of the molecule is CC(N)(C(=O)Nc1cccc(S(C)(=O)=O)c1)C1CC1. The normalized spacial score (nSPS) is 18.7. The minimum Gasteiger partial charge on any atom is -0.324 e. The maximum atomic E-state index is 12.1. The molecule has 1 aromatic rings. The van der Waals surface area contributed by atoms with Crippen molar-refractivity contribution in [1.82, 2.24) is 0 Å². The van der Waals surface area contributed by atoms with Gasteiger partial charge in [0, 0.05) is 11.9 Å². The quantitative estimate of drug-likeness (QED) is 0.867. The minimum atomic E-state index is -3.28. The fourth-order valence-electron chi connectivity index (χ4n) is 1.94. The van der Waals surface area contributed by atoms with E-state index in [9.17, 15) is 13.2 Å². The fraction of sp³-hybridized carbons (Fsp3) is 0.462. The first-order valence-electron chi connectivity index (χ1n) is 6.12. The van der Waals surface area contributed by atoms with Gasteiger partial charge in [0.25, 0.3) is 0 Å². The van der Waals surface area contributed by atoms with Gasteiger partial charge in [-0.05, 0) is 43.9 Å². The Kier molecular flexibility index (Phi) is 3.40. The average molecular weight is 282 g/mol. The molecule has 104 valence electrons. The van der Waals surface area contributed by atoms with E-state index in [1.54, 1.807) is 19.1 Å². The lowest BCUT2D eigenvalue weighted by molar-refractivity contribution is -0.121. The Morgan fingerprint density at radius 1 is 1.42 bits per heavy atom. The Balaban J connectivity index is 2.18. The van der Waals surface area contributed by atoms with E-state index < -0.39 is 15.4 Å². The van der Waals surface area contributed by atoms with Crippen LogP contribution >= 0.6 is 0 Å². The summed E-state index contributed by atoms with van der Waals surface area (Å²) in [4.78, 5) is 12.3. The van der Waals surface area contributed by atoms with Crippen LogP contribution in [0.25, 0.3) is 0 Å². The molecule has 1 aromatic carbocycles. The molecular weight excluding hydrogens is 264 g/mol. The number of carbonyl (C=O) groups excluding carboxylic acids is 1. The molecule has 5 nitrogen and oxygen atoms in total. The van der Waals surface area contributed by atoms with Crippen LogP contribution in [0.3, 0.4) is 0 Å². The summed E-state index contributed by atoms with van der Waals surface area (Å²) in [5.74, 6) is -0.0637. The van der Waals surface area contributed by atoms with E-state index >= 15 is 0 Å². The summed E-state index contributed by atoms with van der Waals surface area (Å²) in [6, 6.07) is 6.18. The zero-order chi connectivity index (χ0) is 14.3. The molecule has 1 saturated carbocycles. The first-order valence-corrected chi connectivity index (χ1v) is 8.01. The predicted molar refractivity (Wildman–Crippen MR) is 73.5 cm³/mol. The highest BCUT2D eigenvalue weighted by atomic mass is 32.2. The van der Waals surface area contributed by atoms with Crippen LogP contribution in [0.1, 0.15) is 19.8 Å². The third-order valence-electron chi connectivity index (χ3n) is 3.43. The van der Waals surface area contributed by atoms with E-state index in [-0.39, 0.29) is 16.7 Å². The Hall–Kier alpha value is -1.40. The number of sulfone groups is 1. The van der Waals surface area contributed by atoms with Gasteiger partial charge in [0.05, 0.1) is 10.4 Å². The first-order chi connectivity index (χ1) is 8.71. The van der Waals surface area contributed by atoms with Crippen LogP contribution < -0.4 is 11.1 Å². The Morgan fingerprint density at radius 3 is 2.58 bits per heavy atom. The Labute approximate surface area is 113 Å². The number of benzene rings is 1. The fourth-order valence-corrected chi connectivity index (χ4v) is 2.61. The van der Waals surface area contributed by atoms with Crippen molar-refractivity contribution in [3.8, 4) is 0 Å². The highest BCUT2D eigenvalue weighted by molar-refractivity contribution is 7.90. The maximum absolute atomic E-state index is 12.1. The molecule has 0 heterocycles. The van der Waals surface area contributed by atoms with Crippen molar-refractivity contribution in [2.24, 2.45) is 11.7 Å². The summed E-state index contributed by atoms with van der Waals surface area (Å²) in [5, 5.41) is 2.69. The molecule has 6 heteroatoms. The standard InChI is InChI=1S/C13H18N2O3S/c1-13(14,9-6-7-9)12(16)15-10-4-3-5-11(8-10)19(2,17)18/h3-5,8-9H,6-7,14H2,1-2H3,(H,15,16). The zero-order valence-corrected chi connectivity index (χ0v) is 11.8. The van der Waals surface area contributed by atoms with Crippen molar-refractivity contribution >= 4 is 21.4 Å². The molecule has 1 unspecified atom stereocenters. The van der Waals surface area contributed by atoms with Crippen LogP contribution in [0, 0.1) is 5.92 Å². The van der Waals surface area contributed by atoms with Crippen LogP contribution in [0.15, 0.2) is 29.2 Å². The van der Waals surface area contributed by atoms with E-state index in [0.717, 1.165) is 19.1 Å². The van der Waals surface area contributed by atoms with Crippen molar-refractivity contribution in [2.45, 2.75) is 30.2 Å². The molecule has 1 aliphatic carbocycles. The molecule has 1 amide bonds. The van der Waals surface area contributed by atoms with Crippen LogP contribution in [-0.4, -0.2) is 26.1 Å². The minimum absolute atomic E-state index is 0.176. The number of nitrogens with one attached hydrogen (secondary N) is 1. The molecule has 1 fully saturated rings. The summed E-state index contributed by atoms with van der Waals surface area (Å²) in [6.07, 6.45) is 3.05. The molecule has 0 aliphatic heterocycles. The monoisotopic (exact) mass is 282 g/mol. The number of carbonyl (C=O) groups is 1. The second-order valence-corrected chi connectivity index (χ2v) is 7.33. The second kappa shape index (κ2) is 4.61. The number of nitrogens with two attached hydrogens (primary N) is 1. The highest BCUT2D eigenvalue weighted by Gasteiger charge is 2.44. The number of amides is 1. The van der Waals surface area contributed by atoms with Crippen LogP contribution in [0.2, 0.25) is 0 Å². The van der Waals surface area contributed by atoms with Gasteiger partial charge >= 0.3 is 0 Å². The predicted octanol–water partition coefficient (Wildman–Crippen LogP) is 1.16. The second-order valence-electron chi connectivity index (χ2n) is 5.31. The third-order valence-corrected chi connectivity index (χ3v) is 4.54.